The lowest BCUT2D eigenvalue weighted by molar-refractivity contribution is -0.145. The van der Waals surface area contributed by atoms with Crippen molar-refractivity contribution in [3.05, 3.63) is 65.7 Å². The summed E-state index contributed by atoms with van der Waals surface area (Å²) in [5.41, 5.74) is 1.67. The van der Waals surface area contributed by atoms with Crippen molar-refractivity contribution in [2.75, 3.05) is 7.11 Å². The molecule has 5 nitrogen and oxygen atoms in total. The van der Waals surface area contributed by atoms with Gasteiger partial charge < -0.3 is 4.74 Å². The van der Waals surface area contributed by atoms with Gasteiger partial charge in [-0.05, 0) is 24.6 Å². The van der Waals surface area contributed by atoms with Crippen LogP contribution in [0.5, 0.6) is 0 Å². The van der Waals surface area contributed by atoms with Crippen molar-refractivity contribution >= 4 is 16.0 Å². The molecule has 0 aliphatic carbocycles. The SMILES string of the molecule is COC(=O)C(C)C(NS(=O)(=O)c1ccc(C)cc1)c1ccccc1. The van der Waals surface area contributed by atoms with E-state index in [9.17, 15) is 13.2 Å². The second kappa shape index (κ2) is 7.59. The highest BCUT2D eigenvalue weighted by atomic mass is 32.2. The van der Waals surface area contributed by atoms with E-state index < -0.39 is 28.0 Å². The first-order valence-corrected chi connectivity index (χ1v) is 9.05. The molecule has 2 rings (SSSR count). The number of carbonyl (C=O) groups is 1. The van der Waals surface area contributed by atoms with E-state index in [2.05, 4.69) is 4.72 Å². The minimum absolute atomic E-state index is 0.158. The van der Waals surface area contributed by atoms with E-state index in [0.29, 0.717) is 5.56 Å². The van der Waals surface area contributed by atoms with Gasteiger partial charge in [0.15, 0.2) is 0 Å². The number of benzene rings is 2. The fourth-order valence-electron chi connectivity index (χ4n) is 2.39. The Balaban J connectivity index is 2.37. The van der Waals surface area contributed by atoms with Crippen LogP contribution in [0.1, 0.15) is 24.1 Å². The van der Waals surface area contributed by atoms with Gasteiger partial charge in [0.2, 0.25) is 10.0 Å². The summed E-state index contributed by atoms with van der Waals surface area (Å²) in [6.07, 6.45) is 0. The van der Waals surface area contributed by atoms with Crippen molar-refractivity contribution in [3.8, 4) is 0 Å². The molecule has 2 atom stereocenters. The maximum absolute atomic E-state index is 12.7. The van der Waals surface area contributed by atoms with Crippen LogP contribution in [0, 0.1) is 12.8 Å². The van der Waals surface area contributed by atoms with Gasteiger partial charge in [-0.3, -0.25) is 4.79 Å². The predicted molar refractivity (Wildman–Crippen MR) is 91.9 cm³/mol. The summed E-state index contributed by atoms with van der Waals surface area (Å²) >= 11 is 0. The maximum atomic E-state index is 12.7. The molecular formula is C18H21NO4S. The smallest absolute Gasteiger partial charge is 0.310 e. The molecular weight excluding hydrogens is 326 g/mol. The molecule has 0 bridgehead atoms. The van der Waals surface area contributed by atoms with Crippen LogP contribution in [-0.2, 0) is 19.6 Å². The Bertz CT molecular complexity index is 786. The Hall–Kier alpha value is -2.18. The van der Waals surface area contributed by atoms with E-state index in [1.54, 1.807) is 55.5 Å². The number of hydrogen-bond donors (Lipinski definition) is 1. The lowest BCUT2D eigenvalue weighted by atomic mass is 9.95. The second-order valence-electron chi connectivity index (χ2n) is 5.63. The van der Waals surface area contributed by atoms with Gasteiger partial charge in [0.25, 0.3) is 0 Å². The lowest BCUT2D eigenvalue weighted by Crippen LogP contribution is -2.36. The van der Waals surface area contributed by atoms with E-state index in [1.807, 2.05) is 13.0 Å². The van der Waals surface area contributed by atoms with Crippen LogP contribution in [0.25, 0.3) is 0 Å². The quantitative estimate of drug-likeness (QED) is 0.816. The molecule has 2 aromatic rings. The van der Waals surface area contributed by atoms with E-state index >= 15 is 0 Å². The van der Waals surface area contributed by atoms with Crippen molar-refractivity contribution in [1.29, 1.82) is 0 Å². The van der Waals surface area contributed by atoms with E-state index in [4.69, 9.17) is 4.74 Å². The second-order valence-corrected chi connectivity index (χ2v) is 7.35. The number of ether oxygens (including phenoxy) is 1. The maximum Gasteiger partial charge on any atom is 0.310 e. The zero-order valence-electron chi connectivity index (χ0n) is 13.9. The third-order valence-electron chi connectivity index (χ3n) is 3.85. The highest BCUT2D eigenvalue weighted by Gasteiger charge is 2.30. The summed E-state index contributed by atoms with van der Waals surface area (Å²) < 4.78 is 32.8. The predicted octanol–water partition coefficient (Wildman–Crippen LogP) is 2.82. The molecule has 0 aliphatic heterocycles. The van der Waals surface area contributed by atoms with Gasteiger partial charge in [-0.2, -0.15) is 0 Å². The Morgan fingerprint density at radius 2 is 1.62 bits per heavy atom. The zero-order valence-corrected chi connectivity index (χ0v) is 14.7. The fraction of sp³-hybridized carbons (Fsp3) is 0.278. The third-order valence-corrected chi connectivity index (χ3v) is 5.30. The van der Waals surface area contributed by atoms with Gasteiger partial charge in [-0.15, -0.1) is 0 Å². The number of aryl methyl sites for hydroxylation is 1. The standard InChI is InChI=1S/C18H21NO4S/c1-13-9-11-16(12-10-13)24(21,22)19-17(14(2)18(20)23-3)15-7-5-4-6-8-15/h4-12,14,17,19H,1-3H3. The minimum atomic E-state index is -3.77. The first-order chi connectivity index (χ1) is 11.3. The Morgan fingerprint density at radius 1 is 1.04 bits per heavy atom. The molecule has 1 N–H and O–H groups in total. The average molecular weight is 347 g/mol. The number of nitrogens with one attached hydrogen (secondary N) is 1. The molecule has 6 heteroatoms. The lowest BCUT2D eigenvalue weighted by Gasteiger charge is -2.24. The number of carbonyl (C=O) groups excluding carboxylic acids is 1. The summed E-state index contributed by atoms with van der Waals surface area (Å²) in [6, 6.07) is 14.8. The van der Waals surface area contributed by atoms with Crippen molar-refractivity contribution in [2.45, 2.75) is 24.8 Å². The molecule has 0 radical (unpaired) electrons. The number of esters is 1. The Morgan fingerprint density at radius 3 is 2.17 bits per heavy atom. The van der Waals surface area contributed by atoms with E-state index in [0.717, 1.165) is 5.56 Å². The molecule has 0 heterocycles. The molecule has 2 aromatic carbocycles. The summed E-state index contributed by atoms with van der Waals surface area (Å²) in [6.45, 7) is 3.52. The summed E-state index contributed by atoms with van der Waals surface area (Å²) in [4.78, 5) is 12.1. The molecule has 2 unspecified atom stereocenters. The molecule has 0 amide bonds. The van der Waals surface area contributed by atoms with Gasteiger partial charge in [0.1, 0.15) is 0 Å². The summed E-state index contributed by atoms with van der Waals surface area (Å²) in [5, 5.41) is 0. The Kier molecular flexibility index (Phi) is 5.75. The van der Waals surface area contributed by atoms with Gasteiger partial charge in [-0.1, -0.05) is 55.0 Å². The van der Waals surface area contributed by atoms with Crippen LogP contribution in [0.15, 0.2) is 59.5 Å². The number of sulfonamides is 1. The molecule has 0 aliphatic rings. The van der Waals surface area contributed by atoms with Gasteiger partial charge in [0.05, 0.1) is 24.0 Å². The van der Waals surface area contributed by atoms with Gasteiger partial charge in [-0.25, -0.2) is 13.1 Å². The van der Waals surface area contributed by atoms with Crippen LogP contribution in [-0.4, -0.2) is 21.5 Å². The summed E-state index contributed by atoms with van der Waals surface area (Å²) in [7, 11) is -2.48. The topological polar surface area (TPSA) is 72.5 Å². The molecule has 0 saturated heterocycles. The fourth-order valence-corrected chi connectivity index (χ4v) is 3.70. The molecule has 0 saturated carbocycles. The monoisotopic (exact) mass is 347 g/mol. The van der Waals surface area contributed by atoms with Crippen LogP contribution in [0.4, 0.5) is 0 Å². The molecule has 0 aromatic heterocycles. The van der Waals surface area contributed by atoms with Crippen LogP contribution in [0.2, 0.25) is 0 Å². The normalized spacial score (nSPS) is 14.0. The van der Waals surface area contributed by atoms with Crippen molar-refractivity contribution in [2.24, 2.45) is 5.92 Å². The summed E-state index contributed by atoms with van der Waals surface area (Å²) in [5.74, 6) is -1.15. The van der Waals surface area contributed by atoms with E-state index in [-0.39, 0.29) is 4.90 Å². The Labute approximate surface area is 142 Å². The largest absolute Gasteiger partial charge is 0.469 e. The van der Waals surface area contributed by atoms with E-state index in [1.165, 1.54) is 7.11 Å². The number of hydrogen-bond acceptors (Lipinski definition) is 4. The molecule has 0 spiro atoms. The molecule has 128 valence electrons. The molecule has 24 heavy (non-hydrogen) atoms. The average Bonchev–Trinajstić information content (AvgIpc) is 2.59. The first kappa shape index (κ1) is 18.2. The molecule has 0 fully saturated rings. The van der Waals surface area contributed by atoms with Gasteiger partial charge >= 0.3 is 5.97 Å². The minimum Gasteiger partial charge on any atom is -0.469 e. The van der Waals surface area contributed by atoms with Crippen molar-refractivity contribution in [3.63, 3.8) is 0 Å². The van der Waals surface area contributed by atoms with Crippen LogP contribution >= 0.6 is 0 Å². The first-order valence-electron chi connectivity index (χ1n) is 7.57. The number of rotatable bonds is 6. The number of methoxy groups -OCH3 is 1. The highest BCUT2D eigenvalue weighted by molar-refractivity contribution is 7.89. The third kappa shape index (κ3) is 4.21. The zero-order chi connectivity index (χ0) is 17.7. The van der Waals surface area contributed by atoms with Crippen molar-refractivity contribution in [1.82, 2.24) is 4.72 Å². The highest BCUT2D eigenvalue weighted by Crippen LogP contribution is 2.25. The van der Waals surface area contributed by atoms with Crippen molar-refractivity contribution < 1.29 is 17.9 Å². The van der Waals surface area contributed by atoms with Crippen LogP contribution < -0.4 is 4.72 Å². The van der Waals surface area contributed by atoms with Crippen LogP contribution in [0.3, 0.4) is 0 Å². The van der Waals surface area contributed by atoms with Gasteiger partial charge in [0, 0.05) is 0 Å².